The van der Waals surface area contributed by atoms with Crippen LogP contribution in [0.4, 0.5) is 5.82 Å². The molecule has 0 aromatic carbocycles. The summed E-state index contributed by atoms with van der Waals surface area (Å²) in [5.74, 6) is -0.419. The molecule has 3 aliphatic rings. The Morgan fingerprint density at radius 3 is 1.84 bits per heavy atom. The zero-order chi connectivity index (χ0) is 40.7. The number of phosphoric acid groups is 1. The third-order valence-corrected chi connectivity index (χ3v) is 11.3. The van der Waals surface area contributed by atoms with Crippen LogP contribution in [0.3, 0.4) is 0 Å². The van der Waals surface area contributed by atoms with Crippen molar-refractivity contribution in [2.75, 3.05) is 24.9 Å². The number of aliphatic hydroxyl groups is 3. The van der Waals surface area contributed by atoms with Gasteiger partial charge in [-0.1, -0.05) is 0 Å². The summed E-state index contributed by atoms with van der Waals surface area (Å²) in [5.41, 5.74) is -3.42. The highest BCUT2D eigenvalue weighted by Gasteiger charge is 2.44. The average Bonchev–Trinajstić information content (AvgIpc) is 3.82. The first-order valence-corrected chi connectivity index (χ1v) is 20.0. The Balaban J connectivity index is 1.04. The first-order chi connectivity index (χ1) is 26.4. The Labute approximate surface area is 313 Å². The van der Waals surface area contributed by atoms with E-state index in [2.05, 4.69) is 20.0 Å². The number of nitrogens with zero attached hydrogens (tertiary/aromatic N) is 4. The lowest BCUT2D eigenvalue weighted by Crippen LogP contribution is -2.33. The van der Waals surface area contributed by atoms with Crippen molar-refractivity contribution in [3.05, 3.63) is 87.9 Å². The molecule has 0 spiro atoms. The van der Waals surface area contributed by atoms with E-state index in [1.807, 2.05) is 0 Å². The predicted octanol–water partition coefficient (Wildman–Crippen LogP) is -2.43. The van der Waals surface area contributed by atoms with Gasteiger partial charge in [-0.3, -0.25) is 51.9 Å². The number of rotatable bonds is 14. The summed E-state index contributed by atoms with van der Waals surface area (Å²) in [6, 6.07) is 1.11. The van der Waals surface area contributed by atoms with Crippen molar-refractivity contribution in [1.29, 1.82) is 0 Å². The third kappa shape index (κ3) is 9.26. The highest BCUT2D eigenvalue weighted by Crippen LogP contribution is 2.49. The van der Waals surface area contributed by atoms with Gasteiger partial charge in [-0.25, -0.2) is 23.5 Å². The molecule has 6 rings (SSSR count). The van der Waals surface area contributed by atoms with Crippen molar-refractivity contribution in [3.8, 4) is 0 Å². The van der Waals surface area contributed by atoms with Gasteiger partial charge >= 0.3 is 32.6 Å². The highest BCUT2D eigenvalue weighted by molar-refractivity contribution is 7.54. The molecule has 3 saturated heterocycles. The smallest absolute Gasteiger partial charge is 0.394 e. The summed E-state index contributed by atoms with van der Waals surface area (Å²) in [7, 11) is -9.76. The fourth-order valence-electron chi connectivity index (χ4n) is 6.35. The maximum Gasteiger partial charge on any atom is 0.472 e. The molecule has 56 heavy (non-hydrogen) atoms. The maximum atomic E-state index is 13.0. The molecule has 11 atom stereocenters. The molecule has 3 aromatic rings. The van der Waals surface area contributed by atoms with E-state index in [1.54, 1.807) is 0 Å². The number of hydrogen-bond donors (Lipinski definition) is 8. The van der Waals surface area contributed by atoms with Crippen LogP contribution in [0.15, 0.2) is 48.6 Å². The minimum atomic E-state index is -4.94. The topological polar surface area (TPSA) is 347 Å². The van der Waals surface area contributed by atoms with Crippen molar-refractivity contribution >= 4 is 21.4 Å². The van der Waals surface area contributed by atoms with Crippen molar-refractivity contribution in [3.63, 3.8) is 0 Å². The molecule has 3 aromatic heterocycles. The zero-order valence-electron chi connectivity index (χ0n) is 29.5. The number of aliphatic hydroxyl groups excluding tert-OH is 3. The Hall–Kier alpha value is -3.94. The molecule has 6 heterocycles. The van der Waals surface area contributed by atoms with E-state index >= 15 is 0 Å². The Morgan fingerprint density at radius 2 is 1.30 bits per heavy atom. The van der Waals surface area contributed by atoms with Crippen LogP contribution >= 0.6 is 15.6 Å². The number of nitrogens with one attached hydrogen (secondary N) is 3. The van der Waals surface area contributed by atoms with E-state index in [0.29, 0.717) is 0 Å². The quantitative estimate of drug-likeness (QED) is 0.0783. The lowest BCUT2D eigenvalue weighted by Gasteiger charge is -2.22. The number of ether oxygens (including phenoxy) is 3. The highest BCUT2D eigenvalue weighted by atomic mass is 31.2. The van der Waals surface area contributed by atoms with Crippen molar-refractivity contribution in [2.24, 2.45) is 0 Å². The molecular formula is C29H39N7O18P2. The van der Waals surface area contributed by atoms with Gasteiger partial charge in [-0.05, 0) is 19.9 Å². The second kappa shape index (κ2) is 16.5. The number of anilines is 1. The molecule has 3 aliphatic heterocycles. The second-order valence-electron chi connectivity index (χ2n) is 13.2. The molecule has 0 aliphatic carbocycles. The van der Waals surface area contributed by atoms with E-state index in [-0.39, 0.29) is 30.4 Å². The van der Waals surface area contributed by atoms with Gasteiger partial charge in [-0.2, -0.15) is 4.98 Å². The van der Waals surface area contributed by atoms with E-state index in [0.717, 1.165) is 26.0 Å². The zero-order valence-corrected chi connectivity index (χ0v) is 31.3. The molecule has 0 amide bonds. The van der Waals surface area contributed by atoms with Gasteiger partial charge in [-0.15, -0.1) is 0 Å². The maximum absolute atomic E-state index is 13.0. The first-order valence-electron chi connectivity index (χ1n) is 16.9. The van der Waals surface area contributed by atoms with Gasteiger partial charge < -0.3 is 39.3 Å². The number of aromatic nitrogens is 6. The van der Waals surface area contributed by atoms with E-state index in [4.69, 9.17) is 27.8 Å². The number of phosphoric ester groups is 1. The molecular weight excluding hydrogens is 796 g/mol. The minimum absolute atomic E-state index is 0.108. The van der Waals surface area contributed by atoms with E-state index in [9.17, 15) is 58.2 Å². The second-order valence-corrected chi connectivity index (χ2v) is 16.1. The molecule has 8 N–H and O–H groups in total. The van der Waals surface area contributed by atoms with Gasteiger partial charge in [0, 0.05) is 49.0 Å². The molecule has 27 heteroatoms. The summed E-state index contributed by atoms with van der Waals surface area (Å²) in [5, 5.41) is 32.2. The fraction of sp³-hybridized carbons (Fsp3) is 0.586. The standard InChI is InChI=1S/C29H39N7O18P2/c1-13-8-35(28(43)31-25(13)40)22-5-15(39)20(52-22)12-49-56(47,48)54-17-7-23(50-19(17)11-38)34-4-3-21(30-27(34)42)33-55(45,46)53-16-6-24(51-18(16)10-37)36-9-14(2)26(41)32-29(36)44/h3-4,8-9,15-20,22-24,37-39H,5-7,10-12H2,1-2H3,(H,47,48)(H,31,40,43)(H,32,41,44)(H2,30,33,42,45,46)/t15-,16-,17-,18+,19+,20+,22+,23+,24+/m0/s1. The summed E-state index contributed by atoms with van der Waals surface area (Å²) in [6.45, 7) is 0.878. The van der Waals surface area contributed by atoms with Gasteiger partial charge in [0.15, 0.2) is 0 Å². The van der Waals surface area contributed by atoms with Crippen LogP contribution in [0.1, 0.15) is 49.1 Å². The van der Waals surface area contributed by atoms with E-state index in [1.165, 1.54) is 26.2 Å². The van der Waals surface area contributed by atoms with E-state index < -0.39 is 125 Å². The Bertz CT molecular complexity index is 2330. The van der Waals surface area contributed by atoms with Gasteiger partial charge in [0.25, 0.3) is 11.1 Å². The molecule has 2 unspecified atom stereocenters. The number of hydrogen-bond acceptors (Lipinski definition) is 17. The summed E-state index contributed by atoms with van der Waals surface area (Å²) in [6.07, 6.45) is -7.62. The van der Waals surface area contributed by atoms with Crippen LogP contribution in [0, 0.1) is 13.8 Å². The lowest BCUT2D eigenvalue weighted by atomic mass is 10.2. The van der Waals surface area contributed by atoms with Crippen LogP contribution in [-0.2, 0) is 36.9 Å². The molecule has 308 valence electrons. The SMILES string of the molecule is Cc1cn([C@H]2C[C@H](OP(=O)(O)Nc3ccn([C@H]4C[C@H](OP(=O)(O)OC[C@H]5O[C@@H](n6cc(C)c(=O)[nH]c6=O)C[C@@H]5O)[C@@H](CO)O4)c(=O)n3)[C@@H](CO)O2)c(=O)[nH]c1=O. The van der Waals surface area contributed by atoms with Crippen LogP contribution < -0.4 is 33.3 Å². The lowest BCUT2D eigenvalue weighted by molar-refractivity contribution is -0.0575. The minimum Gasteiger partial charge on any atom is -0.394 e. The number of aromatic amines is 2. The molecule has 0 bridgehead atoms. The number of aryl methyl sites for hydroxylation is 2. The molecule has 0 radical (unpaired) electrons. The van der Waals surface area contributed by atoms with Crippen LogP contribution in [0.2, 0.25) is 0 Å². The van der Waals surface area contributed by atoms with Crippen molar-refractivity contribution in [2.45, 2.75) is 88.4 Å². The van der Waals surface area contributed by atoms with Crippen LogP contribution in [0.25, 0.3) is 0 Å². The molecule has 0 saturated carbocycles. The fourth-order valence-corrected chi connectivity index (χ4v) is 8.36. The summed E-state index contributed by atoms with van der Waals surface area (Å²) in [4.78, 5) is 90.0. The first kappa shape index (κ1) is 41.7. The largest absolute Gasteiger partial charge is 0.472 e. The van der Waals surface area contributed by atoms with Crippen LogP contribution in [-0.4, -0.2) is 110 Å². The predicted molar refractivity (Wildman–Crippen MR) is 185 cm³/mol. The van der Waals surface area contributed by atoms with Gasteiger partial charge in [0.05, 0.1) is 25.9 Å². The van der Waals surface area contributed by atoms with Gasteiger partial charge in [0.1, 0.15) is 55.0 Å². The normalized spacial score (nSPS) is 29.9. The van der Waals surface area contributed by atoms with Crippen molar-refractivity contribution < 1.29 is 62.0 Å². The summed E-state index contributed by atoms with van der Waals surface area (Å²) >= 11 is 0. The van der Waals surface area contributed by atoms with Crippen LogP contribution in [0.5, 0.6) is 0 Å². The van der Waals surface area contributed by atoms with Crippen molar-refractivity contribution in [1.82, 2.24) is 28.7 Å². The average molecular weight is 836 g/mol. The third-order valence-electron chi connectivity index (χ3n) is 9.18. The molecule has 3 fully saturated rings. The Morgan fingerprint density at radius 1 is 0.804 bits per heavy atom. The Kier molecular flexibility index (Phi) is 12.3. The molecule has 25 nitrogen and oxygen atoms in total. The monoisotopic (exact) mass is 835 g/mol. The summed E-state index contributed by atoms with van der Waals surface area (Å²) < 4.78 is 61.5. The van der Waals surface area contributed by atoms with Gasteiger partial charge in [0.2, 0.25) is 0 Å². The number of H-pyrrole nitrogens is 2.